The van der Waals surface area contributed by atoms with E-state index < -0.39 is 0 Å². The number of benzene rings is 1. The van der Waals surface area contributed by atoms with Gasteiger partial charge >= 0.3 is 0 Å². The van der Waals surface area contributed by atoms with Crippen molar-refractivity contribution >= 4 is 0 Å². The standard InChI is InChI=1S/C11H14FNO/c1-8-6-9(2-3-11(8)12)14-10-4-5-13-7-10/h2-3,6,10,13H,4-5,7H2,1H3. The fourth-order valence-corrected chi connectivity index (χ4v) is 1.61. The Morgan fingerprint density at radius 2 is 2.36 bits per heavy atom. The molecule has 1 saturated heterocycles. The lowest BCUT2D eigenvalue weighted by Gasteiger charge is -2.12. The first-order valence-corrected chi connectivity index (χ1v) is 4.89. The predicted octanol–water partition coefficient (Wildman–Crippen LogP) is 1.87. The predicted molar refractivity (Wildman–Crippen MR) is 53.0 cm³/mol. The van der Waals surface area contributed by atoms with Gasteiger partial charge in [0.1, 0.15) is 17.7 Å². The average Bonchev–Trinajstić information content (AvgIpc) is 2.64. The second-order valence-corrected chi connectivity index (χ2v) is 3.64. The Morgan fingerprint density at radius 3 is 3.00 bits per heavy atom. The molecule has 1 aromatic rings. The zero-order valence-electron chi connectivity index (χ0n) is 8.22. The van der Waals surface area contributed by atoms with Crippen LogP contribution in [0.2, 0.25) is 0 Å². The Labute approximate surface area is 83.1 Å². The third-order valence-electron chi connectivity index (χ3n) is 2.45. The van der Waals surface area contributed by atoms with Crippen LogP contribution in [-0.4, -0.2) is 19.2 Å². The summed E-state index contributed by atoms with van der Waals surface area (Å²) in [5.74, 6) is 0.583. The molecular weight excluding hydrogens is 181 g/mol. The maximum Gasteiger partial charge on any atom is 0.126 e. The second-order valence-electron chi connectivity index (χ2n) is 3.64. The summed E-state index contributed by atoms with van der Waals surface area (Å²) in [4.78, 5) is 0. The van der Waals surface area contributed by atoms with Crippen LogP contribution < -0.4 is 10.1 Å². The number of halogens is 1. The molecule has 0 aliphatic carbocycles. The van der Waals surface area contributed by atoms with E-state index in [1.807, 2.05) is 0 Å². The Hall–Kier alpha value is -1.09. The van der Waals surface area contributed by atoms with Crippen molar-refractivity contribution in [2.75, 3.05) is 13.1 Å². The average molecular weight is 195 g/mol. The smallest absolute Gasteiger partial charge is 0.126 e. The summed E-state index contributed by atoms with van der Waals surface area (Å²) in [6.45, 7) is 3.64. The molecule has 1 unspecified atom stereocenters. The van der Waals surface area contributed by atoms with Gasteiger partial charge in [0, 0.05) is 6.54 Å². The number of nitrogens with one attached hydrogen (secondary N) is 1. The van der Waals surface area contributed by atoms with Crippen molar-refractivity contribution in [3.63, 3.8) is 0 Å². The largest absolute Gasteiger partial charge is 0.489 e. The summed E-state index contributed by atoms with van der Waals surface area (Å²) in [5.41, 5.74) is 0.633. The topological polar surface area (TPSA) is 21.3 Å². The normalized spacial score (nSPS) is 21.1. The van der Waals surface area contributed by atoms with Crippen molar-refractivity contribution in [2.24, 2.45) is 0 Å². The molecule has 1 atom stereocenters. The quantitative estimate of drug-likeness (QED) is 0.778. The lowest BCUT2D eigenvalue weighted by molar-refractivity contribution is 0.222. The maximum absolute atomic E-state index is 12.9. The molecule has 0 saturated carbocycles. The Morgan fingerprint density at radius 1 is 1.50 bits per heavy atom. The summed E-state index contributed by atoms with van der Waals surface area (Å²) < 4.78 is 18.6. The molecule has 0 bridgehead atoms. The molecule has 0 aromatic heterocycles. The molecule has 1 heterocycles. The third kappa shape index (κ3) is 2.04. The molecule has 1 N–H and O–H groups in total. The van der Waals surface area contributed by atoms with Gasteiger partial charge in [-0.1, -0.05) is 0 Å². The van der Waals surface area contributed by atoms with Crippen molar-refractivity contribution < 1.29 is 9.13 Å². The maximum atomic E-state index is 12.9. The van der Waals surface area contributed by atoms with Gasteiger partial charge in [0.15, 0.2) is 0 Å². The van der Waals surface area contributed by atoms with Crippen LogP contribution in [0.25, 0.3) is 0 Å². The molecular formula is C11H14FNO. The van der Waals surface area contributed by atoms with Gasteiger partial charge in [0.2, 0.25) is 0 Å². The number of hydrogen-bond donors (Lipinski definition) is 1. The van der Waals surface area contributed by atoms with Crippen LogP contribution in [0.3, 0.4) is 0 Å². The number of ether oxygens (including phenoxy) is 1. The summed E-state index contributed by atoms with van der Waals surface area (Å²) >= 11 is 0. The van der Waals surface area contributed by atoms with E-state index in [2.05, 4.69) is 5.32 Å². The zero-order chi connectivity index (χ0) is 9.97. The zero-order valence-corrected chi connectivity index (χ0v) is 8.22. The van der Waals surface area contributed by atoms with Gasteiger partial charge in [-0.15, -0.1) is 0 Å². The van der Waals surface area contributed by atoms with Gasteiger partial charge in [0.05, 0.1) is 0 Å². The van der Waals surface area contributed by atoms with Crippen LogP contribution in [0.1, 0.15) is 12.0 Å². The van der Waals surface area contributed by atoms with Gasteiger partial charge in [-0.05, 0) is 43.7 Å². The van der Waals surface area contributed by atoms with E-state index in [0.717, 1.165) is 25.3 Å². The first kappa shape index (κ1) is 9.46. The van der Waals surface area contributed by atoms with Crippen molar-refractivity contribution in [3.05, 3.63) is 29.6 Å². The number of aryl methyl sites for hydroxylation is 1. The summed E-state index contributed by atoms with van der Waals surface area (Å²) in [6, 6.07) is 4.88. The van der Waals surface area contributed by atoms with Crippen LogP contribution in [0.4, 0.5) is 4.39 Å². The van der Waals surface area contributed by atoms with Crippen LogP contribution in [0.5, 0.6) is 5.75 Å². The Balaban J connectivity index is 2.05. The molecule has 76 valence electrons. The van der Waals surface area contributed by atoms with Crippen LogP contribution in [-0.2, 0) is 0 Å². The van der Waals surface area contributed by atoms with E-state index in [1.54, 1.807) is 19.1 Å². The molecule has 1 aromatic carbocycles. The van der Waals surface area contributed by atoms with Crippen LogP contribution in [0, 0.1) is 12.7 Å². The van der Waals surface area contributed by atoms with E-state index in [4.69, 9.17) is 4.74 Å². The van der Waals surface area contributed by atoms with Gasteiger partial charge in [-0.25, -0.2) is 4.39 Å². The highest BCUT2D eigenvalue weighted by Gasteiger charge is 2.15. The number of hydrogen-bond acceptors (Lipinski definition) is 2. The van der Waals surface area contributed by atoms with Crippen molar-refractivity contribution in [2.45, 2.75) is 19.4 Å². The molecule has 0 amide bonds. The minimum absolute atomic E-state index is 0.179. The molecule has 1 aliphatic heterocycles. The third-order valence-corrected chi connectivity index (χ3v) is 2.45. The van der Waals surface area contributed by atoms with Crippen molar-refractivity contribution in [1.29, 1.82) is 0 Å². The van der Waals surface area contributed by atoms with E-state index in [9.17, 15) is 4.39 Å². The molecule has 1 aliphatic rings. The highest BCUT2D eigenvalue weighted by molar-refractivity contribution is 5.29. The van der Waals surface area contributed by atoms with Crippen LogP contribution >= 0.6 is 0 Å². The lowest BCUT2D eigenvalue weighted by atomic mass is 10.2. The Bertz CT molecular complexity index is 321. The molecule has 1 fully saturated rings. The monoisotopic (exact) mass is 195 g/mol. The fourth-order valence-electron chi connectivity index (χ4n) is 1.61. The summed E-state index contributed by atoms with van der Waals surface area (Å²) in [6.07, 6.45) is 1.26. The first-order valence-electron chi connectivity index (χ1n) is 4.89. The van der Waals surface area contributed by atoms with Crippen LogP contribution in [0.15, 0.2) is 18.2 Å². The second kappa shape index (κ2) is 3.96. The van der Waals surface area contributed by atoms with E-state index >= 15 is 0 Å². The van der Waals surface area contributed by atoms with Gasteiger partial charge in [0.25, 0.3) is 0 Å². The summed E-state index contributed by atoms with van der Waals surface area (Å²) in [5, 5.41) is 3.22. The van der Waals surface area contributed by atoms with Crippen molar-refractivity contribution in [1.82, 2.24) is 5.32 Å². The minimum Gasteiger partial charge on any atom is -0.489 e. The minimum atomic E-state index is -0.179. The lowest BCUT2D eigenvalue weighted by Crippen LogP contribution is -2.19. The Kier molecular flexibility index (Phi) is 2.68. The number of rotatable bonds is 2. The van der Waals surface area contributed by atoms with Gasteiger partial charge < -0.3 is 10.1 Å². The molecule has 2 rings (SSSR count). The first-order chi connectivity index (χ1) is 6.75. The molecule has 14 heavy (non-hydrogen) atoms. The molecule has 0 radical (unpaired) electrons. The van der Waals surface area contributed by atoms with E-state index in [0.29, 0.717) is 5.56 Å². The highest BCUT2D eigenvalue weighted by Crippen LogP contribution is 2.18. The highest BCUT2D eigenvalue weighted by atomic mass is 19.1. The van der Waals surface area contributed by atoms with E-state index in [-0.39, 0.29) is 11.9 Å². The SMILES string of the molecule is Cc1cc(OC2CCNC2)ccc1F. The fraction of sp³-hybridized carbons (Fsp3) is 0.455. The molecule has 3 heteroatoms. The molecule has 2 nitrogen and oxygen atoms in total. The van der Waals surface area contributed by atoms with Gasteiger partial charge in [-0.3, -0.25) is 0 Å². The molecule has 0 spiro atoms. The van der Waals surface area contributed by atoms with Crippen molar-refractivity contribution in [3.8, 4) is 5.75 Å². The summed E-state index contributed by atoms with van der Waals surface area (Å²) in [7, 11) is 0. The van der Waals surface area contributed by atoms with Gasteiger partial charge in [-0.2, -0.15) is 0 Å². The van der Waals surface area contributed by atoms with E-state index in [1.165, 1.54) is 6.07 Å².